The fraction of sp³-hybridized carbons (Fsp3) is 0.211. The number of hydrogen-bond acceptors (Lipinski definition) is 3. The van der Waals surface area contributed by atoms with E-state index in [1.807, 2.05) is 44.3 Å². The molecule has 0 aliphatic rings. The first kappa shape index (κ1) is 18.0. The Kier molecular flexibility index (Phi) is 4.99. The summed E-state index contributed by atoms with van der Waals surface area (Å²) in [6.45, 7) is 4.19. The molecule has 0 amide bonds. The lowest BCUT2D eigenvalue weighted by atomic mass is 10.1. The Bertz CT molecular complexity index is 1070. The highest BCUT2D eigenvalue weighted by molar-refractivity contribution is 7.90. The van der Waals surface area contributed by atoms with E-state index >= 15 is 0 Å². The van der Waals surface area contributed by atoms with Crippen molar-refractivity contribution in [2.24, 2.45) is 10.7 Å². The zero-order valence-electron chi connectivity index (χ0n) is 14.8. The number of H-pyrrole nitrogens is 1. The number of benzene rings is 2. The summed E-state index contributed by atoms with van der Waals surface area (Å²) in [7, 11) is -3.73. The maximum atomic E-state index is 12.4. The van der Waals surface area contributed by atoms with Crippen molar-refractivity contribution in [3.8, 4) is 0 Å². The SMILES string of the molecule is Cc1ccc(S(=O)(=O)NC(N)=NCCc2c[nH]c3ccccc23)cc1C. The molecule has 0 bridgehead atoms. The standard InChI is InChI=1S/C19H22N4O2S/c1-13-7-8-16(11-14(13)2)26(24,25)23-19(20)21-10-9-15-12-22-18-6-4-3-5-17(15)18/h3-8,11-12,22H,9-10H2,1-2H3,(H3,20,21,23). The number of aromatic nitrogens is 1. The molecule has 3 rings (SSSR count). The van der Waals surface area contributed by atoms with Crippen LogP contribution in [0, 0.1) is 13.8 Å². The second kappa shape index (κ2) is 7.21. The van der Waals surface area contributed by atoms with Gasteiger partial charge in [0.2, 0.25) is 5.96 Å². The highest BCUT2D eigenvalue weighted by Gasteiger charge is 2.15. The van der Waals surface area contributed by atoms with Crippen molar-refractivity contribution in [1.82, 2.24) is 9.71 Å². The molecule has 6 nitrogen and oxygen atoms in total. The van der Waals surface area contributed by atoms with Crippen molar-refractivity contribution in [1.29, 1.82) is 0 Å². The predicted molar refractivity (Wildman–Crippen MR) is 105 cm³/mol. The van der Waals surface area contributed by atoms with Gasteiger partial charge in [-0.1, -0.05) is 24.3 Å². The van der Waals surface area contributed by atoms with Gasteiger partial charge in [0.15, 0.2) is 0 Å². The molecule has 1 heterocycles. The zero-order valence-corrected chi connectivity index (χ0v) is 15.6. The molecular weight excluding hydrogens is 348 g/mol. The van der Waals surface area contributed by atoms with Crippen LogP contribution in [0.15, 0.2) is 58.5 Å². The number of rotatable bonds is 5. The van der Waals surface area contributed by atoms with Gasteiger partial charge in [-0.2, -0.15) is 0 Å². The van der Waals surface area contributed by atoms with E-state index in [0.29, 0.717) is 13.0 Å². The molecule has 26 heavy (non-hydrogen) atoms. The Morgan fingerprint density at radius 3 is 2.69 bits per heavy atom. The molecule has 136 valence electrons. The number of guanidine groups is 1. The molecule has 7 heteroatoms. The Morgan fingerprint density at radius 2 is 1.92 bits per heavy atom. The monoisotopic (exact) mass is 370 g/mol. The third-order valence-electron chi connectivity index (χ3n) is 4.37. The van der Waals surface area contributed by atoms with Gasteiger partial charge >= 0.3 is 0 Å². The van der Waals surface area contributed by atoms with Crippen molar-refractivity contribution in [3.63, 3.8) is 0 Å². The Balaban J connectivity index is 1.67. The smallest absolute Gasteiger partial charge is 0.264 e. The second-order valence-corrected chi connectivity index (χ2v) is 7.91. The third-order valence-corrected chi connectivity index (χ3v) is 5.72. The number of sulfonamides is 1. The lowest BCUT2D eigenvalue weighted by Gasteiger charge is -2.09. The molecule has 0 aliphatic carbocycles. The van der Waals surface area contributed by atoms with E-state index in [-0.39, 0.29) is 10.9 Å². The maximum absolute atomic E-state index is 12.4. The van der Waals surface area contributed by atoms with Crippen LogP contribution >= 0.6 is 0 Å². The summed E-state index contributed by atoms with van der Waals surface area (Å²) < 4.78 is 27.1. The molecule has 1 aromatic heterocycles. The first-order chi connectivity index (χ1) is 12.4. The third kappa shape index (κ3) is 3.88. The summed E-state index contributed by atoms with van der Waals surface area (Å²) in [6.07, 6.45) is 2.60. The number of nitrogens with zero attached hydrogens (tertiary/aromatic N) is 1. The summed E-state index contributed by atoms with van der Waals surface area (Å²) in [5.41, 5.74) is 9.89. The van der Waals surface area contributed by atoms with E-state index in [4.69, 9.17) is 5.73 Å². The second-order valence-electron chi connectivity index (χ2n) is 6.23. The highest BCUT2D eigenvalue weighted by atomic mass is 32.2. The van der Waals surface area contributed by atoms with Crippen LogP contribution in [-0.2, 0) is 16.4 Å². The summed E-state index contributed by atoms with van der Waals surface area (Å²) in [5, 5.41) is 1.14. The first-order valence-corrected chi connectivity index (χ1v) is 9.80. The lowest BCUT2D eigenvalue weighted by Crippen LogP contribution is -2.37. The van der Waals surface area contributed by atoms with Crippen molar-refractivity contribution in [3.05, 3.63) is 65.4 Å². The molecule has 4 N–H and O–H groups in total. The summed E-state index contributed by atoms with van der Waals surface area (Å²) in [4.78, 5) is 7.53. The number of para-hydroxylation sites is 1. The molecule has 0 atom stereocenters. The average molecular weight is 370 g/mol. The number of nitrogens with two attached hydrogens (primary N) is 1. The van der Waals surface area contributed by atoms with Gasteiger partial charge in [-0.25, -0.2) is 13.1 Å². The van der Waals surface area contributed by atoms with Gasteiger partial charge in [0.05, 0.1) is 4.90 Å². The number of hydrogen-bond donors (Lipinski definition) is 3. The molecule has 2 aromatic carbocycles. The number of aryl methyl sites for hydroxylation is 2. The van der Waals surface area contributed by atoms with Crippen molar-refractivity contribution in [2.45, 2.75) is 25.2 Å². The van der Waals surface area contributed by atoms with Gasteiger partial charge in [-0.15, -0.1) is 0 Å². The van der Waals surface area contributed by atoms with Gasteiger partial charge in [0.25, 0.3) is 10.0 Å². The normalized spacial score (nSPS) is 12.5. The highest BCUT2D eigenvalue weighted by Crippen LogP contribution is 2.18. The van der Waals surface area contributed by atoms with Crippen LogP contribution in [0.5, 0.6) is 0 Å². The molecule has 3 aromatic rings. The average Bonchev–Trinajstić information content (AvgIpc) is 3.00. The van der Waals surface area contributed by atoms with E-state index in [1.165, 1.54) is 0 Å². The lowest BCUT2D eigenvalue weighted by molar-refractivity contribution is 0.592. The van der Waals surface area contributed by atoms with Gasteiger partial charge in [0.1, 0.15) is 0 Å². The largest absolute Gasteiger partial charge is 0.369 e. The zero-order chi connectivity index (χ0) is 18.7. The van der Waals surface area contributed by atoms with E-state index in [1.54, 1.807) is 18.2 Å². The topological polar surface area (TPSA) is 100 Å². The Morgan fingerprint density at radius 1 is 1.15 bits per heavy atom. The molecule has 0 saturated carbocycles. The van der Waals surface area contributed by atoms with E-state index < -0.39 is 10.0 Å². The Labute approximate surface area is 153 Å². The molecule has 0 spiro atoms. The van der Waals surface area contributed by atoms with Crippen molar-refractivity contribution >= 4 is 26.9 Å². The molecule has 0 aliphatic heterocycles. The minimum atomic E-state index is -3.73. The summed E-state index contributed by atoms with van der Waals surface area (Å²) >= 11 is 0. The van der Waals surface area contributed by atoms with Gasteiger partial charge < -0.3 is 10.7 Å². The minimum absolute atomic E-state index is 0.108. The Hall–Kier alpha value is -2.80. The fourth-order valence-electron chi connectivity index (χ4n) is 2.75. The van der Waals surface area contributed by atoms with Crippen molar-refractivity contribution in [2.75, 3.05) is 6.54 Å². The number of nitrogens with one attached hydrogen (secondary N) is 2. The van der Waals surface area contributed by atoms with Gasteiger partial charge in [-0.05, 0) is 55.2 Å². The van der Waals surface area contributed by atoms with Crippen LogP contribution in [0.4, 0.5) is 0 Å². The van der Waals surface area contributed by atoms with E-state index in [9.17, 15) is 8.42 Å². The molecule has 0 fully saturated rings. The molecular formula is C19H22N4O2S. The van der Waals surface area contributed by atoms with Crippen LogP contribution < -0.4 is 10.5 Å². The number of fused-ring (bicyclic) bond motifs is 1. The van der Waals surface area contributed by atoms with Crippen LogP contribution in [0.2, 0.25) is 0 Å². The maximum Gasteiger partial charge on any atom is 0.264 e. The van der Waals surface area contributed by atoms with Crippen molar-refractivity contribution < 1.29 is 8.42 Å². The van der Waals surface area contributed by atoms with Crippen LogP contribution in [0.3, 0.4) is 0 Å². The van der Waals surface area contributed by atoms with Crippen LogP contribution in [-0.4, -0.2) is 25.9 Å². The fourth-order valence-corrected chi connectivity index (χ4v) is 3.78. The quantitative estimate of drug-likeness (QED) is 0.475. The van der Waals surface area contributed by atoms with Gasteiger partial charge in [0, 0.05) is 23.6 Å². The minimum Gasteiger partial charge on any atom is -0.369 e. The summed E-state index contributed by atoms with van der Waals surface area (Å²) in [6, 6.07) is 13.0. The summed E-state index contributed by atoms with van der Waals surface area (Å²) in [5.74, 6) is -0.108. The molecule has 0 unspecified atom stereocenters. The van der Waals surface area contributed by atoms with Gasteiger partial charge in [-0.3, -0.25) is 4.99 Å². The van der Waals surface area contributed by atoms with Crippen LogP contribution in [0.25, 0.3) is 10.9 Å². The molecule has 0 saturated heterocycles. The predicted octanol–water partition coefficient (Wildman–Crippen LogP) is 2.62. The van der Waals surface area contributed by atoms with E-state index in [0.717, 1.165) is 27.6 Å². The van der Waals surface area contributed by atoms with E-state index in [2.05, 4.69) is 14.7 Å². The first-order valence-electron chi connectivity index (χ1n) is 8.32. The number of aliphatic imine (C=N–C) groups is 1. The molecule has 0 radical (unpaired) electrons. The number of aromatic amines is 1. The van der Waals surface area contributed by atoms with Crippen LogP contribution in [0.1, 0.15) is 16.7 Å².